The van der Waals surface area contributed by atoms with Gasteiger partial charge in [0.25, 0.3) is 0 Å². The summed E-state index contributed by atoms with van der Waals surface area (Å²) >= 11 is 0. The van der Waals surface area contributed by atoms with Gasteiger partial charge in [-0.1, -0.05) is 18.2 Å². The molecule has 0 aliphatic rings. The second-order valence-corrected chi connectivity index (χ2v) is 4.18. The van der Waals surface area contributed by atoms with Crippen LogP contribution in [-0.4, -0.2) is 17.1 Å². The minimum absolute atomic E-state index is 0.169. The number of para-hydroxylation sites is 1. The van der Waals surface area contributed by atoms with Crippen LogP contribution in [0.2, 0.25) is 0 Å². The van der Waals surface area contributed by atoms with E-state index in [9.17, 15) is 4.79 Å². The SMILES string of the molecule is Cn1ccc(CCNC(=O)Nc2ccccc2)c1. The molecule has 1 heterocycles. The summed E-state index contributed by atoms with van der Waals surface area (Å²) in [6.45, 7) is 0.628. The van der Waals surface area contributed by atoms with Crippen LogP contribution in [0.5, 0.6) is 0 Å². The van der Waals surface area contributed by atoms with Crippen LogP contribution in [0.25, 0.3) is 0 Å². The van der Waals surface area contributed by atoms with E-state index in [1.54, 1.807) is 0 Å². The first-order valence-corrected chi connectivity index (χ1v) is 5.95. The average Bonchev–Trinajstić information content (AvgIpc) is 2.76. The topological polar surface area (TPSA) is 46.1 Å². The molecule has 2 amide bonds. The number of carbonyl (C=O) groups excluding carboxylic acids is 1. The van der Waals surface area contributed by atoms with Crippen LogP contribution in [0.3, 0.4) is 0 Å². The zero-order valence-corrected chi connectivity index (χ0v) is 10.4. The number of hydrogen-bond donors (Lipinski definition) is 2. The predicted octanol–water partition coefficient (Wildman–Crippen LogP) is 2.39. The predicted molar refractivity (Wildman–Crippen MR) is 72.6 cm³/mol. The van der Waals surface area contributed by atoms with Gasteiger partial charge >= 0.3 is 6.03 Å². The van der Waals surface area contributed by atoms with E-state index in [1.807, 2.05) is 48.1 Å². The maximum Gasteiger partial charge on any atom is 0.319 e. The molecule has 1 aromatic heterocycles. The molecule has 4 heteroatoms. The summed E-state index contributed by atoms with van der Waals surface area (Å²) in [5, 5.41) is 5.61. The number of anilines is 1. The number of benzene rings is 1. The quantitative estimate of drug-likeness (QED) is 0.851. The molecule has 2 N–H and O–H groups in total. The maximum absolute atomic E-state index is 11.6. The molecule has 0 unspecified atom stereocenters. The van der Waals surface area contributed by atoms with Gasteiger partial charge in [-0.25, -0.2) is 4.79 Å². The van der Waals surface area contributed by atoms with Crippen molar-refractivity contribution in [2.75, 3.05) is 11.9 Å². The average molecular weight is 243 g/mol. The molecule has 94 valence electrons. The van der Waals surface area contributed by atoms with E-state index in [2.05, 4.69) is 22.9 Å². The summed E-state index contributed by atoms with van der Waals surface area (Å²) in [6, 6.07) is 11.3. The third-order valence-electron chi connectivity index (χ3n) is 2.62. The maximum atomic E-state index is 11.6. The number of amides is 2. The molecule has 0 aliphatic carbocycles. The highest BCUT2D eigenvalue weighted by Crippen LogP contribution is 2.04. The van der Waals surface area contributed by atoms with Crippen LogP contribution < -0.4 is 10.6 Å². The zero-order valence-electron chi connectivity index (χ0n) is 10.4. The Hall–Kier alpha value is -2.23. The number of nitrogens with one attached hydrogen (secondary N) is 2. The number of urea groups is 1. The minimum atomic E-state index is -0.169. The first kappa shape index (κ1) is 12.2. The fourth-order valence-electron chi connectivity index (χ4n) is 1.73. The lowest BCUT2D eigenvalue weighted by molar-refractivity contribution is 0.252. The second kappa shape index (κ2) is 5.91. The number of carbonyl (C=O) groups is 1. The Kier molecular flexibility index (Phi) is 4.02. The molecule has 0 saturated carbocycles. The Morgan fingerprint density at radius 3 is 2.67 bits per heavy atom. The lowest BCUT2D eigenvalue weighted by Crippen LogP contribution is -2.30. The first-order valence-electron chi connectivity index (χ1n) is 5.95. The Bertz CT molecular complexity index is 505. The van der Waals surface area contributed by atoms with E-state index in [4.69, 9.17) is 0 Å². The molecule has 2 aromatic rings. The molecule has 0 fully saturated rings. The Morgan fingerprint density at radius 2 is 2.00 bits per heavy atom. The van der Waals surface area contributed by atoms with Crippen molar-refractivity contribution in [3.8, 4) is 0 Å². The fourth-order valence-corrected chi connectivity index (χ4v) is 1.73. The van der Waals surface area contributed by atoms with Crippen molar-refractivity contribution in [2.45, 2.75) is 6.42 Å². The number of aromatic nitrogens is 1. The largest absolute Gasteiger partial charge is 0.357 e. The summed E-state index contributed by atoms with van der Waals surface area (Å²) in [5.41, 5.74) is 2.02. The number of hydrogen-bond acceptors (Lipinski definition) is 1. The van der Waals surface area contributed by atoms with Gasteiger partial charge in [0.1, 0.15) is 0 Å². The van der Waals surface area contributed by atoms with Gasteiger partial charge in [0.15, 0.2) is 0 Å². The molecule has 0 radical (unpaired) electrons. The standard InChI is InChI=1S/C14H17N3O/c1-17-10-8-12(11-17)7-9-15-14(18)16-13-5-3-2-4-6-13/h2-6,8,10-11H,7,9H2,1H3,(H2,15,16,18). The van der Waals surface area contributed by atoms with E-state index in [1.165, 1.54) is 5.56 Å². The third kappa shape index (κ3) is 3.66. The van der Waals surface area contributed by atoms with Gasteiger partial charge in [-0.2, -0.15) is 0 Å². The number of nitrogens with zero attached hydrogens (tertiary/aromatic N) is 1. The molecule has 0 atom stereocenters. The Labute approximate surface area is 107 Å². The molecular formula is C14H17N3O. The van der Waals surface area contributed by atoms with Gasteiger partial charge in [0.2, 0.25) is 0 Å². The van der Waals surface area contributed by atoms with Crippen molar-refractivity contribution in [3.63, 3.8) is 0 Å². The summed E-state index contributed by atoms with van der Waals surface area (Å²) < 4.78 is 2.00. The summed E-state index contributed by atoms with van der Waals surface area (Å²) in [6.07, 6.45) is 4.89. The smallest absolute Gasteiger partial charge is 0.319 e. The van der Waals surface area contributed by atoms with Gasteiger partial charge in [-0.3, -0.25) is 0 Å². The zero-order chi connectivity index (χ0) is 12.8. The van der Waals surface area contributed by atoms with Crippen LogP contribution in [0.4, 0.5) is 10.5 Å². The molecular weight excluding hydrogens is 226 g/mol. The van der Waals surface area contributed by atoms with E-state index in [0.717, 1.165) is 12.1 Å². The van der Waals surface area contributed by atoms with E-state index in [-0.39, 0.29) is 6.03 Å². The molecule has 0 spiro atoms. The monoisotopic (exact) mass is 243 g/mol. The van der Waals surface area contributed by atoms with Gasteiger partial charge in [0, 0.05) is 31.7 Å². The Morgan fingerprint density at radius 1 is 1.22 bits per heavy atom. The first-order chi connectivity index (χ1) is 8.74. The minimum Gasteiger partial charge on any atom is -0.357 e. The van der Waals surface area contributed by atoms with Crippen LogP contribution in [0.15, 0.2) is 48.8 Å². The van der Waals surface area contributed by atoms with Gasteiger partial charge in [0.05, 0.1) is 0 Å². The number of rotatable bonds is 4. The van der Waals surface area contributed by atoms with Crippen molar-refractivity contribution >= 4 is 11.7 Å². The van der Waals surface area contributed by atoms with Crippen molar-refractivity contribution in [2.24, 2.45) is 7.05 Å². The van der Waals surface area contributed by atoms with Crippen molar-refractivity contribution in [1.29, 1.82) is 0 Å². The highest BCUT2D eigenvalue weighted by Gasteiger charge is 2.00. The molecule has 18 heavy (non-hydrogen) atoms. The van der Waals surface area contributed by atoms with E-state index >= 15 is 0 Å². The molecule has 0 aliphatic heterocycles. The highest BCUT2D eigenvalue weighted by molar-refractivity contribution is 5.89. The van der Waals surface area contributed by atoms with Crippen molar-refractivity contribution < 1.29 is 4.79 Å². The van der Waals surface area contributed by atoms with Gasteiger partial charge < -0.3 is 15.2 Å². The van der Waals surface area contributed by atoms with Crippen molar-refractivity contribution in [3.05, 3.63) is 54.4 Å². The summed E-state index contributed by atoms with van der Waals surface area (Å²) in [7, 11) is 1.99. The van der Waals surface area contributed by atoms with Crippen LogP contribution >= 0.6 is 0 Å². The molecule has 1 aromatic carbocycles. The lowest BCUT2D eigenvalue weighted by Gasteiger charge is -2.06. The van der Waals surface area contributed by atoms with E-state index in [0.29, 0.717) is 6.54 Å². The third-order valence-corrected chi connectivity index (χ3v) is 2.62. The molecule has 0 saturated heterocycles. The van der Waals surface area contributed by atoms with Crippen LogP contribution in [-0.2, 0) is 13.5 Å². The molecule has 0 bridgehead atoms. The van der Waals surface area contributed by atoms with Crippen LogP contribution in [0.1, 0.15) is 5.56 Å². The molecule has 2 rings (SSSR count). The molecule has 4 nitrogen and oxygen atoms in total. The van der Waals surface area contributed by atoms with Crippen molar-refractivity contribution in [1.82, 2.24) is 9.88 Å². The van der Waals surface area contributed by atoms with Gasteiger partial charge in [-0.15, -0.1) is 0 Å². The summed E-state index contributed by atoms with van der Waals surface area (Å²) in [4.78, 5) is 11.6. The van der Waals surface area contributed by atoms with E-state index < -0.39 is 0 Å². The number of aryl methyl sites for hydroxylation is 1. The lowest BCUT2D eigenvalue weighted by atomic mass is 10.2. The second-order valence-electron chi connectivity index (χ2n) is 4.18. The van der Waals surface area contributed by atoms with Crippen LogP contribution in [0, 0.1) is 0 Å². The Balaban J connectivity index is 1.72. The van der Waals surface area contributed by atoms with Gasteiger partial charge in [-0.05, 0) is 30.2 Å². The fraction of sp³-hybridized carbons (Fsp3) is 0.214. The highest BCUT2D eigenvalue weighted by atomic mass is 16.2. The summed E-state index contributed by atoms with van der Waals surface area (Å²) in [5.74, 6) is 0. The normalized spacial score (nSPS) is 10.1.